The van der Waals surface area contributed by atoms with Crippen LogP contribution in [0.15, 0.2) is 77.7 Å². The van der Waals surface area contributed by atoms with Gasteiger partial charge in [-0.3, -0.25) is 13.9 Å². The van der Waals surface area contributed by atoms with Gasteiger partial charge in [0, 0.05) is 18.1 Å². The number of anilines is 1. The van der Waals surface area contributed by atoms with E-state index in [0.717, 1.165) is 22.7 Å². The summed E-state index contributed by atoms with van der Waals surface area (Å²) in [7, 11) is -2.59. The Balaban J connectivity index is 2.02. The number of unbranched alkanes of at least 4 members (excludes halogenated alkanes) is 1. The van der Waals surface area contributed by atoms with Crippen molar-refractivity contribution in [2.75, 3.05) is 24.5 Å². The Hall–Kier alpha value is -3.56. The number of hydrogen-bond donors (Lipinski definition) is 1. The highest BCUT2D eigenvalue weighted by atomic mass is 35.5. The van der Waals surface area contributed by atoms with Crippen LogP contribution in [-0.4, -0.2) is 51.4 Å². The molecule has 0 aliphatic carbocycles. The summed E-state index contributed by atoms with van der Waals surface area (Å²) >= 11 is 6.26. The van der Waals surface area contributed by atoms with Crippen LogP contribution in [0.25, 0.3) is 0 Å². The molecule has 214 valence electrons. The van der Waals surface area contributed by atoms with Gasteiger partial charge in [0.05, 0.1) is 17.7 Å². The fraction of sp³-hybridized carbons (Fsp3) is 0.333. The molecular formula is C30H36ClN3O5S. The van der Waals surface area contributed by atoms with E-state index < -0.39 is 28.5 Å². The van der Waals surface area contributed by atoms with Crippen LogP contribution >= 0.6 is 11.6 Å². The molecule has 0 fully saturated rings. The molecule has 0 heterocycles. The van der Waals surface area contributed by atoms with Gasteiger partial charge in [-0.1, -0.05) is 61.3 Å². The monoisotopic (exact) mass is 585 g/mol. The molecule has 3 rings (SSSR count). The molecule has 40 heavy (non-hydrogen) atoms. The molecule has 1 N–H and O–H groups in total. The van der Waals surface area contributed by atoms with E-state index in [4.69, 9.17) is 16.3 Å². The Labute approximate surface area is 241 Å². The number of carbonyl (C=O) groups is 2. The number of nitrogens with one attached hydrogen (secondary N) is 1. The average Bonchev–Trinajstić information content (AvgIpc) is 2.96. The van der Waals surface area contributed by atoms with Gasteiger partial charge >= 0.3 is 0 Å². The van der Waals surface area contributed by atoms with Gasteiger partial charge in [-0.2, -0.15) is 0 Å². The van der Waals surface area contributed by atoms with Gasteiger partial charge in [0.15, 0.2) is 0 Å². The molecule has 1 atom stereocenters. The molecule has 0 aliphatic rings. The number of aryl methyl sites for hydroxylation is 1. The molecule has 0 radical (unpaired) electrons. The maximum atomic E-state index is 14.0. The van der Waals surface area contributed by atoms with Crippen LogP contribution in [0.2, 0.25) is 5.02 Å². The van der Waals surface area contributed by atoms with Gasteiger partial charge in [0.25, 0.3) is 10.0 Å². The minimum Gasteiger partial charge on any atom is -0.497 e. The van der Waals surface area contributed by atoms with E-state index in [2.05, 4.69) is 5.32 Å². The first-order valence-corrected chi connectivity index (χ1v) is 14.9. The fourth-order valence-electron chi connectivity index (χ4n) is 4.13. The van der Waals surface area contributed by atoms with E-state index in [1.54, 1.807) is 75.6 Å². The van der Waals surface area contributed by atoms with E-state index >= 15 is 0 Å². The first-order chi connectivity index (χ1) is 19.1. The topological polar surface area (TPSA) is 96.0 Å². The molecular weight excluding hydrogens is 550 g/mol. The van der Waals surface area contributed by atoms with Crippen molar-refractivity contribution in [1.29, 1.82) is 0 Å². The lowest BCUT2D eigenvalue weighted by atomic mass is 10.1. The highest BCUT2D eigenvalue weighted by Crippen LogP contribution is 2.30. The van der Waals surface area contributed by atoms with Crippen LogP contribution in [0.1, 0.15) is 37.8 Å². The summed E-state index contributed by atoms with van der Waals surface area (Å²) < 4.78 is 34.1. The van der Waals surface area contributed by atoms with Crippen LogP contribution in [0.4, 0.5) is 5.69 Å². The molecule has 0 bridgehead atoms. The lowest BCUT2D eigenvalue weighted by Crippen LogP contribution is -2.51. The van der Waals surface area contributed by atoms with Crippen molar-refractivity contribution < 1.29 is 22.7 Å². The number of halogens is 1. The van der Waals surface area contributed by atoms with Gasteiger partial charge in [0.2, 0.25) is 11.8 Å². The van der Waals surface area contributed by atoms with Crippen LogP contribution < -0.4 is 14.4 Å². The summed E-state index contributed by atoms with van der Waals surface area (Å²) in [5, 5.41) is 3.21. The van der Waals surface area contributed by atoms with Gasteiger partial charge < -0.3 is 15.0 Å². The molecule has 0 saturated carbocycles. The van der Waals surface area contributed by atoms with Crippen molar-refractivity contribution in [2.24, 2.45) is 0 Å². The Morgan fingerprint density at radius 2 is 1.70 bits per heavy atom. The number of nitrogens with zero attached hydrogens (tertiary/aromatic N) is 2. The largest absolute Gasteiger partial charge is 0.497 e. The standard InChI is InChI=1S/C30H36ClN3O5S/c1-5-6-18-32-30(36)23(3)33(20-24-13-16-26(39-4)17-14-24)29(35)21-34(28-19-25(31)15-12-22(28)2)40(37,38)27-10-8-7-9-11-27/h7-17,19,23H,5-6,18,20-21H2,1-4H3,(H,32,36)/t23-/m0/s1. The van der Waals surface area contributed by atoms with Crippen molar-refractivity contribution in [3.8, 4) is 5.75 Å². The number of benzene rings is 3. The summed E-state index contributed by atoms with van der Waals surface area (Å²) in [6.07, 6.45) is 1.72. The number of methoxy groups -OCH3 is 1. The molecule has 3 aromatic rings. The first kappa shape index (κ1) is 31.0. The number of ether oxygens (including phenoxy) is 1. The zero-order valence-corrected chi connectivity index (χ0v) is 24.8. The molecule has 0 saturated heterocycles. The first-order valence-electron chi connectivity index (χ1n) is 13.1. The summed E-state index contributed by atoms with van der Waals surface area (Å²) in [5.74, 6) is -0.192. The predicted octanol–water partition coefficient (Wildman–Crippen LogP) is 5.19. The second kappa shape index (κ2) is 14.2. The molecule has 2 amide bonds. The van der Waals surface area contributed by atoms with Crippen molar-refractivity contribution in [3.63, 3.8) is 0 Å². The lowest BCUT2D eigenvalue weighted by molar-refractivity contribution is -0.139. The highest BCUT2D eigenvalue weighted by Gasteiger charge is 2.33. The Morgan fingerprint density at radius 3 is 2.33 bits per heavy atom. The lowest BCUT2D eigenvalue weighted by Gasteiger charge is -2.32. The molecule has 10 heteroatoms. The van der Waals surface area contributed by atoms with Crippen LogP contribution in [0, 0.1) is 6.92 Å². The zero-order valence-electron chi connectivity index (χ0n) is 23.3. The number of amides is 2. The normalized spacial score (nSPS) is 11.9. The molecule has 8 nitrogen and oxygen atoms in total. The number of carbonyl (C=O) groups excluding carboxylic acids is 2. The van der Waals surface area contributed by atoms with Crippen molar-refractivity contribution in [3.05, 3.63) is 88.9 Å². The second-order valence-corrected chi connectivity index (χ2v) is 11.7. The van der Waals surface area contributed by atoms with E-state index in [1.807, 2.05) is 6.92 Å². The summed E-state index contributed by atoms with van der Waals surface area (Å²) in [6, 6.07) is 19.1. The summed E-state index contributed by atoms with van der Waals surface area (Å²) in [4.78, 5) is 28.5. The minimum atomic E-state index is -4.16. The molecule has 0 spiro atoms. The number of rotatable bonds is 13. The van der Waals surface area contributed by atoms with E-state index in [-0.39, 0.29) is 23.0 Å². The van der Waals surface area contributed by atoms with Crippen LogP contribution in [-0.2, 0) is 26.2 Å². The Morgan fingerprint density at radius 1 is 1.02 bits per heavy atom. The SMILES string of the molecule is CCCCNC(=O)[C@H](C)N(Cc1ccc(OC)cc1)C(=O)CN(c1cc(Cl)ccc1C)S(=O)(=O)c1ccccc1. The van der Waals surface area contributed by atoms with Gasteiger partial charge in [-0.05, 0) is 67.8 Å². The quantitative estimate of drug-likeness (QED) is 0.279. The maximum absolute atomic E-state index is 14.0. The average molecular weight is 586 g/mol. The molecule has 3 aromatic carbocycles. The number of hydrogen-bond acceptors (Lipinski definition) is 5. The van der Waals surface area contributed by atoms with Crippen molar-refractivity contribution in [2.45, 2.75) is 51.1 Å². The van der Waals surface area contributed by atoms with Gasteiger partial charge in [-0.25, -0.2) is 8.42 Å². The summed E-state index contributed by atoms with van der Waals surface area (Å²) in [5.41, 5.74) is 1.68. The molecule has 0 unspecified atom stereocenters. The molecule has 0 aromatic heterocycles. The maximum Gasteiger partial charge on any atom is 0.264 e. The van der Waals surface area contributed by atoms with Crippen LogP contribution in [0.3, 0.4) is 0 Å². The van der Waals surface area contributed by atoms with Crippen molar-refractivity contribution in [1.82, 2.24) is 10.2 Å². The van der Waals surface area contributed by atoms with E-state index in [9.17, 15) is 18.0 Å². The highest BCUT2D eigenvalue weighted by molar-refractivity contribution is 7.92. The van der Waals surface area contributed by atoms with Crippen molar-refractivity contribution >= 4 is 39.1 Å². The Bertz CT molecular complexity index is 1400. The van der Waals surface area contributed by atoms with Gasteiger partial charge in [0.1, 0.15) is 18.3 Å². The summed E-state index contributed by atoms with van der Waals surface area (Å²) in [6.45, 7) is 5.47. The third-order valence-corrected chi connectivity index (χ3v) is 8.57. The number of sulfonamides is 1. The Kier molecular flexibility index (Phi) is 11.0. The van der Waals surface area contributed by atoms with Crippen LogP contribution in [0.5, 0.6) is 5.75 Å². The smallest absolute Gasteiger partial charge is 0.264 e. The minimum absolute atomic E-state index is 0.0363. The van der Waals surface area contributed by atoms with Gasteiger partial charge in [-0.15, -0.1) is 0 Å². The predicted molar refractivity (Wildman–Crippen MR) is 158 cm³/mol. The fourth-order valence-corrected chi connectivity index (χ4v) is 5.79. The van der Waals surface area contributed by atoms with E-state index in [1.165, 1.54) is 23.1 Å². The second-order valence-electron chi connectivity index (χ2n) is 9.45. The zero-order chi connectivity index (χ0) is 29.3. The van der Waals surface area contributed by atoms with E-state index in [0.29, 0.717) is 22.9 Å². The third kappa shape index (κ3) is 7.76. The third-order valence-electron chi connectivity index (χ3n) is 6.56. The molecule has 0 aliphatic heterocycles.